The van der Waals surface area contributed by atoms with Gasteiger partial charge in [0.25, 0.3) is 0 Å². The Morgan fingerprint density at radius 2 is 2.06 bits per heavy atom. The van der Waals surface area contributed by atoms with Crippen LogP contribution in [-0.4, -0.2) is 15.4 Å². The lowest BCUT2D eigenvalue weighted by Gasteiger charge is -2.28. The van der Waals surface area contributed by atoms with E-state index in [9.17, 15) is 10.1 Å². The Bertz CT molecular complexity index is 414. The molecule has 1 aromatic rings. The van der Waals surface area contributed by atoms with Gasteiger partial charge < -0.3 is 5.32 Å². The van der Waals surface area contributed by atoms with Crippen molar-refractivity contribution in [1.29, 1.82) is 0 Å². The molecule has 0 bridgehead atoms. The second-order valence-corrected chi connectivity index (χ2v) is 4.53. The van der Waals surface area contributed by atoms with Crippen molar-refractivity contribution >= 4 is 11.5 Å². The third-order valence-electron chi connectivity index (χ3n) is 3.18. The predicted molar refractivity (Wildman–Crippen MR) is 68.2 cm³/mol. The van der Waals surface area contributed by atoms with Crippen molar-refractivity contribution in [3.05, 3.63) is 27.9 Å². The van der Waals surface area contributed by atoms with Crippen molar-refractivity contribution in [2.45, 2.75) is 46.1 Å². The molecule has 1 heterocycles. The molecule has 0 unspecified atom stereocenters. The largest absolute Gasteiger partial charge is 0.359 e. The minimum Gasteiger partial charge on any atom is -0.359 e. The van der Waals surface area contributed by atoms with Crippen molar-refractivity contribution in [2.24, 2.45) is 0 Å². The fraction of sp³-hybridized carbons (Fsp3) is 0.583. The van der Waals surface area contributed by atoms with Gasteiger partial charge >= 0.3 is 5.69 Å². The molecule has 1 rings (SSSR count). The number of rotatable bonds is 5. The van der Waals surface area contributed by atoms with E-state index in [2.05, 4.69) is 24.1 Å². The van der Waals surface area contributed by atoms with Gasteiger partial charge in [0.1, 0.15) is 0 Å². The van der Waals surface area contributed by atoms with E-state index in [-0.39, 0.29) is 11.2 Å². The van der Waals surface area contributed by atoms with Crippen LogP contribution in [-0.2, 0) is 0 Å². The highest BCUT2D eigenvalue weighted by molar-refractivity contribution is 5.57. The molecule has 1 aromatic heterocycles. The Hall–Kier alpha value is -1.65. The third-order valence-corrected chi connectivity index (χ3v) is 3.18. The van der Waals surface area contributed by atoms with Gasteiger partial charge in [-0.05, 0) is 32.3 Å². The highest BCUT2D eigenvalue weighted by atomic mass is 16.6. The first-order valence-electron chi connectivity index (χ1n) is 5.81. The minimum absolute atomic E-state index is 0.0399. The normalized spacial score (nSPS) is 11.3. The lowest BCUT2D eigenvalue weighted by Crippen LogP contribution is -2.33. The van der Waals surface area contributed by atoms with Crippen LogP contribution in [0.5, 0.6) is 0 Å². The molecule has 5 nitrogen and oxygen atoms in total. The number of nitrogens with one attached hydrogen (secondary N) is 1. The van der Waals surface area contributed by atoms with Gasteiger partial charge in [-0.25, -0.2) is 4.98 Å². The monoisotopic (exact) mass is 237 g/mol. The van der Waals surface area contributed by atoms with Gasteiger partial charge in [0.05, 0.1) is 4.92 Å². The number of aryl methyl sites for hydroxylation is 1. The van der Waals surface area contributed by atoms with E-state index < -0.39 is 4.92 Å². The number of anilines is 1. The first kappa shape index (κ1) is 13.4. The molecule has 0 amide bonds. The maximum absolute atomic E-state index is 11.0. The van der Waals surface area contributed by atoms with Gasteiger partial charge in [0.2, 0.25) is 5.82 Å². The number of nitro groups is 1. The van der Waals surface area contributed by atoms with Crippen molar-refractivity contribution in [1.82, 2.24) is 4.98 Å². The summed E-state index contributed by atoms with van der Waals surface area (Å²) in [5.41, 5.74) is 0.669. The average Bonchev–Trinajstić information content (AvgIpc) is 2.31. The zero-order valence-electron chi connectivity index (χ0n) is 10.8. The summed E-state index contributed by atoms with van der Waals surface area (Å²) < 4.78 is 0. The van der Waals surface area contributed by atoms with Crippen LogP contribution in [0, 0.1) is 17.0 Å². The van der Waals surface area contributed by atoms with E-state index in [1.807, 2.05) is 6.92 Å². The molecule has 0 fully saturated rings. The first-order valence-corrected chi connectivity index (χ1v) is 5.81. The van der Waals surface area contributed by atoms with Crippen molar-refractivity contribution in [2.75, 3.05) is 5.32 Å². The molecule has 0 aliphatic heterocycles. The highest BCUT2D eigenvalue weighted by Crippen LogP contribution is 2.28. The summed E-state index contributed by atoms with van der Waals surface area (Å²) in [6, 6.07) is 1.54. The van der Waals surface area contributed by atoms with Crippen LogP contribution >= 0.6 is 0 Å². The summed E-state index contributed by atoms with van der Waals surface area (Å²) in [5, 5.41) is 14.1. The quantitative estimate of drug-likeness (QED) is 0.630. The maximum atomic E-state index is 11.0. The van der Waals surface area contributed by atoms with Gasteiger partial charge in [-0.3, -0.25) is 10.1 Å². The van der Waals surface area contributed by atoms with Crippen molar-refractivity contribution in [3.63, 3.8) is 0 Å². The Labute approximate surface area is 101 Å². The topological polar surface area (TPSA) is 68.1 Å². The van der Waals surface area contributed by atoms with Crippen LogP contribution in [0.1, 0.15) is 39.2 Å². The number of pyridine rings is 1. The Morgan fingerprint density at radius 3 is 2.53 bits per heavy atom. The zero-order chi connectivity index (χ0) is 13.1. The third kappa shape index (κ3) is 3.15. The maximum Gasteiger partial charge on any atom is 0.311 e. The molecule has 0 atom stereocenters. The summed E-state index contributed by atoms with van der Waals surface area (Å²) in [6.07, 6.45) is 3.41. The zero-order valence-corrected chi connectivity index (χ0v) is 10.8. The lowest BCUT2D eigenvalue weighted by atomic mass is 9.95. The van der Waals surface area contributed by atoms with Gasteiger partial charge in [-0.15, -0.1) is 0 Å². The van der Waals surface area contributed by atoms with E-state index in [1.165, 1.54) is 0 Å². The van der Waals surface area contributed by atoms with E-state index >= 15 is 0 Å². The summed E-state index contributed by atoms with van der Waals surface area (Å²) in [6.45, 7) is 7.94. The highest BCUT2D eigenvalue weighted by Gasteiger charge is 2.24. The van der Waals surface area contributed by atoms with Crippen LogP contribution in [0.2, 0.25) is 0 Å². The summed E-state index contributed by atoms with van der Waals surface area (Å²) in [4.78, 5) is 14.7. The predicted octanol–water partition coefficient (Wildman–Crippen LogP) is 3.29. The molecule has 0 saturated heterocycles. The molecule has 0 aromatic carbocycles. The molecule has 5 heteroatoms. The fourth-order valence-corrected chi connectivity index (χ4v) is 1.50. The Balaban J connectivity index is 3.10. The van der Waals surface area contributed by atoms with Crippen LogP contribution < -0.4 is 5.32 Å². The SMILES string of the molecule is CCC(C)(CC)Nc1ncc(C)cc1[N+](=O)[O-]. The summed E-state index contributed by atoms with van der Waals surface area (Å²) >= 11 is 0. The molecule has 1 N–H and O–H groups in total. The van der Waals surface area contributed by atoms with Gasteiger partial charge in [0, 0.05) is 17.8 Å². The van der Waals surface area contributed by atoms with E-state index in [0.717, 1.165) is 18.4 Å². The molecule has 94 valence electrons. The second kappa shape index (κ2) is 5.12. The number of nitrogens with zero attached hydrogens (tertiary/aromatic N) is 2. The Morgan fingerprint density at radius 1 is 1.47 bits per heavy atom. The second-order valence-electron chi connectivity index (χ2n) is 4.53. The summed E-state index contributed by atoms with van der Waals surface area (Å²) in [7, 11) is 0. The standard InChI is InChI=1S/C12H19N3O2/c1-5-12(4,6-2)14-11-10(15(16)17)7-9(3)8-13-11/h7-8H,5-6H2,1-4H3,(H,13,14). The lowest BCUT2D eigenvalue weighted by molar-refractivity contribution is -0.384. The average molecular weight is 237 g/mol. The molecule has 0 radical (unpaired) electrons. The number of aromatic nitrogens is 1. The molecular weight excluding hydrogens is 218 g/mol. The van der Waals surface area contributed by atoms with Crippen LogP contribution in [0.4, 0.5) is 11.5 Å². The smallest absolute Gasteiger partial charge is 0.311 e. The fourth-order valence-electron chi connectivity index (χ4n) is 1.50. The molecule has 0 saturated carbocycles. The van der Waals surface area contributed by atoms with E-state index in [4.69, 9.17) is 0 Å². The van der Waals surface area contributed by atoms with Crippen LogP contribution in [0.15, 0.2) is 12.3 Å². The van der Waals surface area contributed by atoms with Crippen LogP contribution in [0.3, 0.4) is 0 Å². The van der Waals surface area contributed by atoms with E-state index in [0.29, 0.717) is 5.82 Å². The molecular formula is C12H19N3O2. The van der Waals surface area contributed by atoms with Crippen molar-refractivity contribution in [3.8, 4) is 0 Å². The number of hydrogen-bond acceptors (Lipinski definition) is 4. The van der Waals surface area contributed by atoms with Crippen molar-refractivity contribution < 1.29 is 4.92 Å². The van der Waals surface area contributed by atoms with Crippen LogP contribution in [0.25, 0.3) is 0 Å². The van der Waals surface area contributed by atoms with Gasteiger partial charge in [-0.1, -0.05) is 13.8 Å². The van der Waals surface area contributed by atoms with E-state index in [1.54, 1.807) is 19.2 Å². The minimum atomic E-state index is -0.395. The molecule has 0 spiro atoms. The van der Waals surface area contributed by atoms with Gasteiger partial charge in [-0.2, -0.15) is 0 Å². The first-order chi connectivity index (χ1) is 7.91. The summed E-state index contributed by atoms with van der Waals surface area (Å²) in [5.74, 6) is 0.354. The molecule has 17 heavy (non-hydrogen) atoms. The Kier molecular flexibility index (Phi) is 4.04. The van der Waals surface area contributed by atoms with Gasteiger partial charge in [0.15, 0.2) is 0 Å². The molecule has 0 aliphatic rings. The number of hydrogen-bond donors (Lipinski definition) is 1. The molecule has 0 aliphatic carbocycles.